The molecule has 0 radical (unpaired) electrons. The van der Waals surface area contributed by atoms with Crippen LogP contribution in [0.3, 0.4) is 0 Å². The van der Waals surface area contributed by atoms with Crippen LogP contribution in [0.5, 0.6) is 0 Å². The van der Waals surface area contributed by atoms with Gasteiger partial charge in [-0.25, -0.2) is 0 Å². The van der Waals surface area contributed by atoms with E-state index in [0.717, 1.165) is 6.42 Å². The maximum Gasteiger partial charge on any atom is 0.316 e. The fourth-order valence-electron chi connectivity index (χ4n) is 1.18. The van der Waals surface area contributed by atoms with E-state index < -0.39 is 5.37 Å². The monoisotopic (exact) mass is 243 g/mol. The van der Waals surface area contributed by atoms with Crippen molar-refractivity contribution in [2.24, 2.45) is 0 Å². The first-order valence-electron chi connectivity index (χ1n) is 4.67. The van der Waals surface area contributed by atoms with Gasteiger partial charge in [0.25, 0.3) is 0 Å². The Morgan fingerprint density at radius 3 is 2.47 bits per heavy atom. The predicted molar refractivity (Wildman–Crippen MR) is 65.8 cm³/mol. The number of thioether (sulfide) groups is 1. The molecule has 0 unspecified atom stereocenters. The molecule has 0 bridgehead atoms. The molecule has 15 heavy (non-hydrogen) atoms. The van der Waals surface area contributed by atoms with Crippen LogP contribution in [-0.4, -0.2) is 30.1 Å². The van der Waals surface area contributed by atoms with Crippen LogP contribution < -0.4 is 0 Å². The Hall–Kier alpha value is -0.670. The van der Waals surface area contributed by atoms with Gasteiger partial charge in [0.1, 0.15) is 0 Å². The lowest BCUT2D eigenvalue weighted by Gasteiger charge is -2.12. The number of carbonyl (C=O) groups excluding carboxylic acids is 1. The largest absolute Gasteiger partial charge is 0.332 e. The molecule has 0 spiro atoms. The van der Waals surface area contributed by atoms with E-state index in [0.29, 0.717) is 6.54 Å². The number of carbonyl (C=O) groups is 1. The van der Waals surface area contributed by atoms with Crippen LogP contribution in [0, 0.1) is 0 Å². The van der Waals surface area contributed by atoms with E-state index in [1.165, 1.54) is 15.4 Å². The summed E-state index contributed by atoms with van der Waals surface area (Å²) in [5.41, 5.74) is 1.22. The second-order valence-corrected chi connectivity index (χ2v) is 4.48. The average molecular weight is 244 g/mol. The molecule has 82 valence electrons. The topological polar surface area (TPSA) is 20.3 Å². The molecule has 0 atom stereocenters. The van der Waals surface area contributed by atoms with Gasteiger partial charge in [0.05, 0.1) is 0 Å². The fraction of sp³-hybridized carbons (Fsp3) is 0.364. The molecular weight excluding hydrogens is 230 g/mol. The summed E-state index contributed by atoms with van der Waals surface area (Å²) in [6.07, 6.45) is 2.89. The minimum absolute atomic E-state index is 0.407. The van der Waals surface area contributed by atoms with Crippen molar-refractivity contribution in [3.8, 4) is 0 Å². The number of hydrogen-bond acceptors (Lipinski definition) is 2. The van der Waals surface area contributed by atoms with Crippen LogP contribution in [0.1, 0.15) is 5.56 Å². The maximum atomic E-state index is 10.8. The average Bonchev–Trinajstić information content (AvgIpc) is 2.26. The van der Waals surface area contributed by atoms with Gasteiger partial charge in [0.2, 0.25) is 0 Å². The Balaban J connectivity index is 2.47. The van der Waals surface area contributed by atoms with Gasteiger partial charge in [0, 0.05) is 18.5 Å². The highest BCUT2D eigenvalue weighted by Gasteiger charge is 2.03. The lowest BCUT2D eigenvalue weighted by Crippen LogP contribution is -2.23. The second-order valence-electron chi connectivity index (χ2n) is 3.27. The van der Waals surface area contributed by atoms with E-state index in [9.17, 15) is 4.79 Å². The van der Waals surface area contributed by atoms with Crippen LogP contribution in [0.2, 0.25) is 0 Å². The van der Waals surface area contributed by atoms with E-state index in [2.05, 4.69) is 30.5 Å². The van der Waals surface area contributed by atoms with Gasteiger partial charge < -0.3 is 4.90 Å². The summed E-state index contributed by atoms with van der Waals surface area (Å²) in [5, 5.41) is -0.407. The Morgan fingerprint density at radius 1 is 1.40 bits per heavy atom. The van der Waals surface area contributed by atoms with E-state index in [1.807, 2.05) is 0 Å². The molecule has 0 N–H and O–H groups in total. The van der Waals surface area contributed by atoms with E-state index in [1.54, 1.807) is 18.8 Å². The van der Waals surface area contributed by atoms with Gasteiger partial charge in [-0.15, -0.1) is 11.8 Å². The molecule has 4 heteroatoms. The standard InChI is InChI=1S/C11H14ClNOS/c1-13(11(12)14)8-7-9-3-5-10(15-2)6-4-9/h3-6H,7-8H2,1-2H3. The first-order chi connectivity index (χ1) is 7.13. The Bertz CT molecular complexity index is 326. The summed E-state index contributed by atoms with van der Waals surface area (Å²) in [6.45, 7) is 0.654. The van der Waals surface area contributed by atoms with Crippen molar-refractivity contribution in [3.05, 3.63) is 29.8 Å². The molecule has 0 saturated heterocycles. The zero-order chi connectivity index (χ0) is 11.3. The molecule has 0 aliphatic rings. The van der Waals surface area contributed by atoms with Gasteiger partial charge in [-0.1, -0.05) is 12.1 Å². The smallest absolute Gasteiger partial charge is 0.316 e. The van der Waals surface area contributed by atoms with Crippen molar-refractivity contribution in [1.82, 2.24) is 4.90 Å². The van der Waals surface area contributed by atoms with Gasteiger partial charge in [-0.2, -0.15) is 0 Å². The second kappa shape index (κ2) is 6.03. The quantitative estimate of drug-likeness (QED) is 0.460. The van der Waals surface area contributed by atoms with Gasteiger partial charge in [0.15, 0.2) is 0 Å². The molecule has 0 aliphatic heterocycles. The van der Waals surface area contributed by atoms with E-state index in [4.69, 9.17) is 11.6 Å². The summed E-state index contributed by atoms with van der Waals surface area (Å²) in [5.74, 6) is 0. The minimum atomic E-state index is -0.407. The van der Waals surface area contributed by atoms with Crippen molar-refractivity contribution in [3.63, 3.8) is 0 Å². The van der Waals surface area contributed by atoms with Gasteiger partial charge in [-0.05, 0) is 42.0 Å². The van der Waals surface area contributed by atoms with Crippen LogP contribution >= 0.6 is 23.4 Å². The summed E-state index contributed by atoms with van der Waals surface area (Å²) in [7, 11) is 1.70. The molecular formula is C11H14ClNOS. The van der Waals surface area contributed by atoms with Crippen LogP contribution in [0.25, 0.3) is 0 Å². The van der Waals surface area contributed by atoms with Crippen molar-refractivity contribution >= 4 is 28.7 Å². The number of likely N-dealkylation sites (N-methyl/N-ethyl adjacent to an activating group) is 1. The molecule has 1 aromatic rings. The van der Waals surface area contributed by atoms with Crippen LogP contribution in [0.15, 0.2) is 29.2 Å². The lowest BCUT2D eigenvalue weighted by atomic mass is 10.1. The number of halogens is 1. The normalized spacial score (nSPS) is 10.1. The van der Waals surface area contributed by atoms with Crippen molar-refractivity contribution < 1.29 is 4.79 Å². The molecule has 0 aromatic heterocycles. The fourth-order valence-corrected chi connectivity index (χ4v) is 1.67. The van der Waals surface area contributed by atoms with E-state index >= 15 is 0 Å². The zero-order valence-corrected chi connectivity index (χ0v) is 10.4. The van der Waals surface area contributed by atoms with E-state index in [-0.39, 0.29) is 0 Å². The predicted octanol–water partition coefficient (Wildman–Crippen LogP) is 3.24. The molecule has 1 amide bonds. The maximum absolute atomic E-state index is 10.8. The lowest BCUT2D eigenvalue weighted by molar-refractivity contribution is 0.232. The molecule has 0 aliphatic carbocycles. The summed E-state index contributed by atoms with van der Waals surface area (Å²) >= 11 is 7.05. The molecule has 0 heterocycles. The molecule has 2 nitrogen and oxygen atoms in total. The molecule has 0 saturated carbocycles. The number of benzene rings is 1. The number of amides is 1. The third kappa shape index (κ3) is 4.14. The first kappa shape index (κ1) is 12.4. The number of hydrogen-bond donors (Lipinski definition) is 0. The summed E-state index contributed by atoms with van der Waals surface area (Å²) in [4.78, 5) is 13.5. The Morgan fingerprint density at radius 2 is 2.00 bits per heavy atom. The number of rotatable bonds is 4. The Kier molecular flexibility index (Phi) is 4.99. The van der Waals surface area contributed by atoms with Crippen LogP contribution in [-0.2, 0) is 6.42 Å². The van der Waals surface area contributed by atoms with Crippen molar-refractivity contribution in [2.75, 3.05) is 19.8 Å². The van der Waals surface area contributed by atoms with Gasteiger partial charge in [-0.3, -0.25) is 4.79 Å². The third-order valence-corrected chi connectivity index (χ3v) is 3.23. The molecule has 0 fully saturated rings. The number of nitrogens with zero attached hydrogens (tertiary/aromatic N) is 1. The van der Waals surface area contributed by atoms with Gasteiger partial charge >= 0.3 is 5.37 Å². The van der Waals surface area contributed by atoms with Crippen molar-refractivity contribution in [1.29, 1.82) is 0 Å². The minimum Gasteiger partial charge on any atom is -0.332 e. The van der Waals surface area contributed by atoms with Crippen molar-refractivity contribution in [2.45, 2.75) is 11.3 Å². The first-order valence-corrected chi connectivity index (χ1v) is 6.27. The SMILES string of the molecule is CSc1ccc(CCN(C)C(=O)Cl)cc1. The summed E-state index contributed by atoms with van der Waals surface area (Å²) in [6, 6.07) is 8.34. The molecule has 1 rings (SSSR count). The third-order valence-electron chi connectivity index (χ3n) is 2.20. The van der Waals surface area contributed by atoms with Crippen LogP contribution in [0.4, 0.5) is 4.79 Å². The highest BCUT2D eigenvalue weighted by atomic mass is 35.5. The highest BCUT2D eigenvalue weighted by molar-refractivity contribution is 7.98. The summed E-state index contributed by atoms with van der Waals surface area (Å²) < 4.78 is 0. The Labute approximate surface area is 99.6 Å². The highest BCUT2D eigenvalue weighted by Crippen LogP contribution is 2.15. The molecule has 1 aromatic carbocycles. The zero-order valence-electron chi connectivity index (χ0n) is 8.87.